The molecule has 132 valence electrons. The lowest BCUT2D eigenvalue weighted by Crippen LogP contribution is -2.08. The van der Waals surface area contributed by atoms with Gasteiger partial charge in [0, 0.05) is 32.0 Å². The predicted molar refractivity (Wildman–Crippen MR) is 109 cm³/mol. The molecule has 0 atom stereocenters. The van der Waals surface area contributed by atoms with Gasteiger partial charge in [0.15, 0.2) is 0 Å². The zero-order valence-electron chi connectivity index (χ0n) is 15.8. The minimum absolute atomic E-state index is 0. The Morgan fingerprint density at radius 2 is 1.71 bits per heavy atom. The normalized spacial score (nSPS) is 15.2. The molecule has 0 saturated heterocycles. The van der Waals surface area contributed by atoms with Crippen LogP contribution in [0.3, 0.4) is 0 Å². The third-order valence-electron chi connectivity index (χ3n) is 4.16. The molecule has 2 heteroatoms. The maximum absolute atomic E-state index is 4.43. The van der Waals surface area contributed by atoms with Crippen molar-refractivity contribution in [1.82, 2.24) is 4.98 Å². The van der Waals surface area contributed by atoms with Crippen LogP contribution in [-0.2, 0) is 0 Å². The van der Waals surface area contributed by atoms with Crippen LogP contribution >= 0.6 is 0 Å². The smallest absolute Gasteiger partial charge is 0.0732 e. The van der Waals surface area contributed by atoms with Crippen LogP contribution < -0.4 is 0 Å². The standard InChI is InChI=1S/C16H20N2.C6H12.H2/c1-6-8-13(4)15(12(2)3)16(17-5)14-9-7-10-18-11-14;1-2-4-6-5-3-1;/h6-11H,1H2,2-5H3;1-6H2;1H/b13-8-,17-16?;;. The second-order valence-electron chi connectivity index (χ2n) is 6.40. The fraction of sp³-hybridized carbons (Fsp3) is 0.455. The number of aliphatic imine (C=N–C) groups is 1. The molecule has 0 aliphatic heterocycles. The second kappa shape index (κ2) is 11.6. The van der Waals surface area contributed by atoms with Crippen molar-refractivity contribution in [2.75, 3.05) is 7.05 Å². The molecular weight excluding hydrogens is 292 g/mol. The molecule has 2 nitrogen and oxygen atoms in total. The second-order valence-corrected chi connectivity index (χ2v) is 6.40. The van der Waals surface area contributed by atoms with Crippen LogP contribution in [-0.4, -0.2) is 17.7 Å². The van der Waals surface area contributed by atoms with Gasteiger partial charge in [0.25, 0.3) is 0 Å². The van der Waals surface area contributed by atoms with Gasteiger partial charge in [-0.3, -0.25) is 9.98 Å². The third-order valence-corrected chi connectivity index (χ3v) is 4.16. The Labute approximate surface area is 149 Å². The lowest BCUT2D eigenvalue weighted by molar-refractivity contribution is 0.504. The van der Waals surface area contributed by atoms with Gasteiger partial charge in [0.1, 0.15) is 0 Å². The molecule has 1 aliphatic rings. The number of aromatic nitrogens is 1. The van der Waals surface area contributed by atoms with Gasteiger partial charge in [-0.2, -0.15) is 0 Å². The highest BCUT2D eigenvalue weighted by molar-refractivity contribution is 6.15. The van der Waals surface area contributed by atoms with Crippen molar-refractivity contribution in [3.8, 4) is 0 Å². The molecule has 0 unspecified atom stereocenters. The Kier molecular flexibility index (Phi) is 9.67. The van der Waals surface area contributed by atoms with E-state index in [1.165, 1.54) is 44.1 Å². The van der Waals surface area contributed by atoms with Crippen molar-refractivity contribution >= 4 is 5.71 Å². The average molecular weight is 327 g/mol. The summed E-state index contributed by atoms with van der Waals surface area (Å²) >= 11 is 0. The summed E-state index contributed by atoms with van der Waals surface area (Å²) in [6, 6.07) is 3.95. The van der Waals surface area contributed by atoms with Crippen LogP contribution in [0.1, 0.15) is 66.3 Å². The zero-order chi connectivity index (χ0) is 17.8. The van der Waals surface area contributed by atoms with E-state index in [2.05, 4.69) is 37.3 Å². The molecule has 0 aromatic carbocycles. The van der Waals surface area contributed by atoms with E-state index >= 15 is 0 Å². The van der Waals surface area contributed by atoms with Gasteiger partial charge in [-0.1, -0.05) is 62.8 Å². The van der Waals surface area contributed by atoms with Gasteiger partial charge in [-0.25, -0.2) is 0 Å². The van der Waals surface area contributed by atoms with Gasteiger partial charge >= 0.3 is 0 Å². The Bertz CT molecular complexity index is 578. The minimum Gasteiger partial charge on any atom is -0.287 e. The SMILES string of the molecule is C1CCCCC1.C=C/C=C(/C)C(C(=NC)c1cccnc1)=C(C)C.[HH]. The molecule has 0 amide bonds. The Morgan fingerprint density at radius 3 is 2.08 bits per heavy atom. The summed E-state index contributed by atoms with van der Waals surface area (Å²) in [5.41, 5.74) is 5.56. The van der Waals surface area contributed by atoms with E-state index in [0.29, 0.717) is 0 Å². The quantitative estimate of drug-likeness (QED) is 0.454. The fourth-order valence-electron chi connectivity index (χ4n) is 3.03. The molecule has 0 N–H and O–H groups in total. The van der Waals surface area contributed by atoms with Crippen molar-refractivity contribution in [2.24, 2.45) is 4.99 Å². The molecule has 1 saturated carbocycles. The van der Waals surface area contributed by atoms with Crippen LogP contribution in [0, 0.1) is 0 Å². The summed E-state index contributed by atoms with van der Waals surface area (Å²) in [5.74, 6) is 0. The van der Waals surface area contributed by atoms with Crippen LogP contribution in [0.4, 0.5) is 0 Å². The van der Waals surface area contributed by atoms with Crippen molar-refractivity contribution < 1.29 is 1.43 Å². The Hall–Kier alpha value is -1.96. The Balaban J connectivity index is 0.000000693. The monoisotopic (exact) mass is 326 g/mol. The number of pyridine rings is 1. The number of allylic oxidation sites excluding steroid dienone is 5. The summed E-state index contributed by atoms with van der Waals surface area (Å²) < 4.78 is 0. The van der Waals surface area contributed by atoms with Crippen molar-refractivity contribution in [1.29, 1.82) is 0 Å². The highest BCUT2D eigenvalue weighted by atomic mass is 14.7. The highest BCUT2D eigenvalue weighted by Crippen LogP contribution is 2.20. The summed E-state index contributed by atoms with van der Waals surface area (Å²) in [6.45, 7) is 10.0. The van der Waals surface area contributed by atoms with E-state index in [1.54, 1.807) is 12.3 Å². The van der Waals surface area contributed by atoms with Crippen LogP contribution in [0.15, 0.2) is 65.0 Å². The molecule has 0 bridgehead atoms. The lowest BCUT2D eigenvalue weighted by Gasteiger charge is -2.13. The van der Waals surface area contributed by atoms with Crippen molar-refractivity contribution in [3.63, 3.8) is 0 Å². The first-order valence-electron chi connectivity index (χ1n) is 8.96. The van der Waals surface area contributed by atoms with E-state index in [-0.39, 0.29) is 1.43 Å². The van der Waals surface area contributed by atoms with Crippen molar-refractivity contribution in [2.45, 2.75) is 59.3 Å². The molecular formula is C22H34N2. The van der Waals surface area contributed by atoms with Crippen molar-refractivity contribution in [3.05, 3.63) is 65.5 Å². The van der Waals surface area contributed by atoms with Crippen LogP contribution in [0.5, 0.6) is 0 Å². The molecule has 2 rings (SSSR count). The molecule has 1 heterocycles. The summed E-state index contributed by atoms with van der Waals surface area (Å²) in [4.78, 5) is 8.58. The van der Waals surface area contributed by atoms with E-state index in [9.17, 15) is 0 Å². The summed E-state index contributed by atoms with van der Waals surface area (Å²) in [5, 5.41) is 0. The maximum atomic E-state index is 4.43. The van der Waals surface area contributed by atoms with Crippen LogP contribution in [0.2, 0.25) is 0 Å². The molecule has 0 radical (unpaired) electrons. The largest absolute Gasteiger partial charge is 0.287 e. The minimum atomic E-state index is 0. The lowest BCUT2D eigenvalue weighted by atomic mass is 9.93. The van der Waals surface area contributed by atoms with Gasteiger partial charge < -0.3 is 0 Å². The highest BCUT2D eigenvalue weighted by Gasteiger charge is 2.12. The van der Waals surface area contributed by atoms with Gasteiger partial charge in [0.05, 0.1) is 5.71 Å². The molecule has 1 aromatic rings. The maximum Gasteiger partial charge on any atom is 0.0732 e. The first kappa shape index (κ1) is 20.1. The van der Waals surface area contributed by atoms with E-state index in [4.69, 9.17) is 0 Å². The summed E-state index contributed by atoms with van der Waals surface area (Å²) in [6.07, 6.45) is 16.4. The number of rotatable bonds is 4. The van der Waals surface area contributed by atoms with Gasteiger partial charge in [-0.15, -0.1) is 0 Å². The molecule has 0 spiro atoms. The molecule has 1 aromatic heterocycles. The molecule has 1 aliphatic carbocycles. The fourth-order valence-corrected chi connectivity index (χ4v) is 3.03. The summed E-state index contributed by atoms with van der Waals surface area (Å²) in [7, 11) is 1.81. The third kappa shape index (κ3) is 6.66. The first-order chi connectivity index (χ1) is 11.6. The van der Waals surface area contributed by atoms with E-state index in [0.717, 1.165) is 22.4 Å². The number of hydrogen-bond acceptors (Lipinski definition) is 2. The number of hydrogen-bond donors (Lipinski definition) is 0. The van der Waals surface area contributed by atoms with Crippen LogP contribution in [0.25, 0.3) is 0 Å². The van der Waals surface area contributed by atoms with Gasteiger partial charge in [-0.05, 0) is 38.5 Å². The molecule has 1 fully saturated rings. The molecule has 24 heavy (non-hydrogen) atoms. The zero-order valence-corrected chi connectivity index (χ0v) is 15.8. The van der Waals surface area contributed by atoms with E-state index in [1.807, 2.05) is 31.5 Å². The first-order valence-corrected chi connectivity index (χ1v) is 8.96. The predicted octanol–water partition coefficient (Wildman–Crippen LogP) is 6.56. The number of nitrogens with zero attached hydrogens (tertiary/aromatic N) is 2. The van der Waals surface area contributed by atoms with E-state index < -0.39 is 0 Å². The topological polar surface area (TPSA) is 25.2 Å². The van der Waals surface area contributed by atoms with Gasteiger partial charge in [0.2, 0.25) is 0 Å². The average Bonchev–Trinajstić information content (AvgIpc) is 2.62. The Morgan fingerprint density at radius 1 is 1.12 bits per heavy atom.